The van der Waals surface area contributed by atoms with Crippen molar-refractivity contribution in [1.29, 1.82) is 0 Å². The number of nitrogens with one attached hydrogen (secondary N) is 1. The number of fused-ring (bicyclic) bond motifs is 1. The molecule has 0 unspecified atom stereocenters. The molecule has 4 atom stereocenters. The predicted octanol–water partition coefficient (Wildman–Crippen LogP) is 7.55. The van der Waals surface area contributed by atoms with Crippen LogP contribution in [-0.4, -0.2) is 77.3 Å². The van der Waals surface area contributed by atoms with Gasteiger partial charge in [-0.05, 0) is 81.9 Å². The standard InChI is InChI=1S/C34H52ClN6O8PSi/c1-21(2)29(42)38-32-37-28-27(30(39-32)45-18-22-13-15-23(16-14-22)47-31(43)33(3,4)5)36-20-41(28)26-17-24(49-51(11,12)34(6,7)8)25(48-26)19-46-50(35,44)40(9)10/h13-16,20-21,24-26H,17-19H2,1-12H3,(H,37,38,39,42)/t24-,25+,26+,50-/m0/s1. The van der Waals surface area contributed by atoms with Crippen molar-refractivity contribution >= 4 is 55.4 Å². The van der Waals surface area contributed by atoms with Crippen molar-refractivity contribution in [2.75, 3.05) is 26.0 Å². The van der Waals surface area contributed by atoms with E-state index < -0.39 is 39.0 Å². The third-order valence-electron chi connectivity index (χ3n) is 8.89. The Hall–Kier alpha value is -2.91. The Morgan fingerprint density at radius 1 is 1.12 bits per heavy atom. The van der Waals surface area contributed by atoms with E-state index in [1.807, 2.05) is 0 Å². The number of rotatable bonds is 13. The summed E-state index contributed by atoms with van der Waals surface area (Å²) in [7, 11) is 0.893. The van der Waals surface area contributed by atoms with Crippen molar-refractivity contribution in [1.82, 2.24) is 24.2 Å². The highest BCUT2D eigenvalue weighted by Gasteiger charge is 2.46. The SMILES string of the molecule is CC(C)C(=O)Nc1nc(OCc2ccc(OC(=O)C(C)(C)C)cc2)c2ncn([C@H]3C[C@H](O[Si](C)(C)C(C)(C)C)[C@@H](CO[P@@](=O)(Cl)N(C)C)O3)c2n1. The quantitative estimate of drug-likeness (QED) is 0.0790. The molecular formula is C34H52ClN6O8PSi. The summed E-state index contributed by atoms with van der Waals surface area (Å²) in [6.45, 7) is 16.2. The lowest BCUT2D eigenvalue weighted by Crippen LogP contribution is -2.46. The van der Waals surface area contributed by atoms with Crippen LogP contribution in [0.1, 0.15) is 73.6 Å². The first kappa shape index (κ1) is 40.9. The topological polar surface area (TPSA) is 156 Å². The lowest BCUT2D eigenvalue weighted by molar-refractivity contribution is -0.143. The Morgan fingerprint density at radius 3 is 2.33 bits per heavy atom. The molecule has 14 nitrogen and oxygen atoms in total. The first-order valence-electron chi connectivity index (χ1n) is 16.9. The van der Waals surface area contributed by atoms with Gasteiger partial charge in [0.2, 0.25) is 17.7 Å². The minimum Gasteiger partial charge on any atom is -0.471 e. The van der Waals surface area contributed by atoms with Gasteiger partial charge in [-0.1, -0.05) is 46.8 Å². The lowest BCUT2D eigenvalue weighted by atomic mass is 9.97. The number of amides is 1. The summed E-state index contributed by atoms with van der Waals surface area (Å²) in [6.07, 6.45) is 0.391. The number of hydrogen-bond donors (Lipinski definition) is 1. The molecule has 1 fully saturated rings. The van der Waals surface area contributed by atoms with Crippen molar-refractivity contribution in [3.8, 4) is 11.6 Å². The molecule has 0 aliphatic carbocycles. The molecule has 1 aliphatic rings. The van der Waals surface area contributed by atoms with Crippen LogP contribution >= 0.6 is 18.1 Å². The van der Waals surface area contributed by atoms with Crippen molar-refractivity contribution in [2.45, 2.75) is 105 Å². The van der Waals surface area contributed by atoms with E-state index in [0.29, 0.717) is 23.3 Å². The maximum absolute atomic E-state index is 12.9. The minimum absolute atomic E-state index is 0.0448. The Morgan fingerprint density at radius 2 is 1.76 bits per heavy atom. The predicted molar refractivity (Wildman–Crippen MR) is 198 cm³/mol. The van der Waals surface area contributed by atoms with Gasteiger partial charge in [0.15, 0.2) is 19.5 Å². The molecule has 3 aromatic rings. The third-order valence-corrected chi connectivity index (χ3v) is 16.0. The van der Waals surface area contributed by atoms with Crippen LogP contribution in [0.5, 0.6) is 11.6 Å². The van der Waals surface area contributed by atoms with E-state index in [0.717, 1.165) is 5.56 Å². The molecule has 282 valence electrons. The Kier molecular flexibility index (Phi) is 12.5. The number of benzene rings is 1. The number of hydrogen-bond acceptors (Lipinski definition) is 11. The largest absolute Gasteiger partial charge is 0.471 e. The molecule has 1 amide bonds. The number of anilines is 1. The van der Waals surface area contributed by atoms with Gasteiger partial charge in [0.1, 0.15) is 24.7 Å². The second kappa shape index (κ2) is 15.6. The van der Waals surface area contributed by atoms with Crippen LogP contribution in [0.2, 0.25) is 18.1 Å². The Balaban J connectivity index is 1.65. The number of carbonyl (C=O) groups excluding carboxylic acids is 2. The molecule has 2 aromatic heterocycles. The number of carbonyl (C=O) groups is 2. The average Bonchev–Trinajstić information content (AvgIpc) is 3.62. The molecular weight excluding hydrogens is 715 g/mol. The highest BCUT2D eigenvalue weighted by Crippen LogP contribution is 2.54. The van der Waals surface area contributed by atoms with E-state index in [9.17, 15) is 14.2 Å². The molecule has 1 N–H and O–H groups in total. The lowest BCUT2D eigenvalue weighted by Gasteiger charge is -2.39. The van der Waals surface area contributed by atoms with Gasteiger partial charge in [-0.3, -0.25) is 24.0 Å². The van der Waals surface area contributed by atoms with E-state index in [1.54, 1.807) is 83.9 Å². The first-order chi connectivity index (χ1) is 23.5. The number of nitrogens with zero attached hydrogens (tertiary/aromatic N) is 5. The Bertz CT molecular complexity index is 1760. The van der Waals surface area contributed by atoms with Gasteiger partial charge in [-0.2, -0.15) is 9.97 Å². The van der Waals surface area contributed by atoms with Gasteiger partial charge in [-0.15, -0.1) is 0 Å². The van der Waals surface area contributed by atoms with Gasteiger partial charge in [0.25, 0.3) is 0 Å². The molecule has 0 bridgehead atoms. The summed E-state index contributed by atoms with van der Waals surface area (Å²) in [5.41, 5.74) is 0.879. The first-order valence-corrected chi connectivity index (χ1v) is 22.3. The van der Waals surface area contributed by atoms with Gasteiger partial charge in [0, 0.05) is 12.3 Å². The summed E-state index contributed by atoms with van der Waals surface area (Å²) in [5, 5.41) is 2.69. The smallest absolute Gasteiger partial charge is 0.362 e. The second-order valence-electron chi connectivity index (χ2n) is 15.8. The number of halogens is 1. The number of esters is 1. The van der Waals surface area contributed by atoms with Crippen LogP contribution in [0.25, 0.3) is 11.2 Å². The highest BCUT2D eigenvalue weighted by molar-refractivity contribution is 7.83. The zero-order chi connectivity index (χ0) is 38.1. The fourth-order valence-electron chi connectivity index (χ4n) is 4.56. The van der Waals surface area contributed by atoms with Crippen molar-refractivity contribution < 1.29 is 37.3 Å². The van der Waals surface area contributed by atoms with E-state index in [-0.39, 0.29) is 47.9 Å². The second-order valence-corrected chi connectivity index (χ2v) is 23.8. The van der Waals surface area contributed by atoms with E-state index in [1.165, 1.54) is 4.67 Å². The van der Waals surface area contributed by atoms with E-state index in [2.05, 4.69) is 54.1 Å². The van der Waals surface area contributed by atoms with E-state index in [4.69, 9.17) is 34.4 Å². The average molecular weight is 767 g/mol. The third kappa shape index (κ3) is 10.2. The van der Waals surface area contributed by atoms with Crippen LogP contribution in [-0.2, 0) is 34.4 Å². The summed E-state index contributed by atoms with van der Waals surface area (Å²) in [4.78, 5) is 38.8. The fraction of sp³-hybridized carbons (Fsp3) is 0.618. The summed E-state index contributed by atoms with van der Waals surface area (Å²) in [6, 6.07) is 6.97. The summed E-state index contributed by atoms with van der Waals surface area (Å²) < 4.78 is 46.6. The molecule has 1 saturated heterocycles. The zero-order valence-corrected chi connectivity index (χ0v) is 34.3. The van der Waals surface area contributed by atoms with Crippen LogP contribution < -0.4 is 14.8 Å². The monoisotopic (exact) mass is 766 g/mol. The van der Waals surface area contributed by atoms with E-state index >= 15 is 0 Å². The maximum Gasteiger partial charge on any atom is 0.362 e. The highest BCUT2D eigenvalue weighted by atomic mass is 35.7. The molecule has 0 saturated carbocycles. The van der Waals surface area contributed by atoms with Crippen molar-refractivity contribution in [2.24, 2.45) is 11.3 Å². The molecule has 3 heterocycles. The van der Waals surface area contributed by atoms with Gasteiger partial charge in [0.05, 0.1) is 24.5 Å². The van der Waals surface area contributed by atoms with Crippen molar-refractivity contribution in [3.63, 3.8) is 0 Å². The number of ether oxygens (including phenoxy) is 3. The Labute approximate surface area is 306 Å². The zero-order valence-electron chi connectivity index (χ0n) is 31.6. The number of aromatic nitrogens is 4. The molecule has 17 heteroatoms. The van der Waals surface area contributed by atoms with Crippen LogP contribution in [0.3, 0.4) is 0 Å². The molecule has 4 rings (SSSR count). The van der Waals surface area contributed by atoms with Crippen LogP contribution in [0.4, 0.5) is 5.95 Å². The fourth-order valence-corrected chi connectivity index (χ4v) is 6.65. The molecule has 0 radical (unpaired) electrons. The number of imidazole rings is 1. The van der Waals surface area contributed by atoms with Gasteiger partial charge in [-0.25, -0.2) is 9.65 Å². The molecule has 0 spiro atoms. The molecule has 1 aromatic carbocycles. The maximum atomic E-state index is 12.9. The molecule has 1 aliphatic heterocycles. The summed E-state index contributed by atoms with van der Waals surface area (Å²) >= 11 is 6.20. The van der Waals surface area contributed by atoms with Gasteiger partial charge < -0.3 is 23.2 Å². The molecule has 51 heavy (non-hydrogen) atoms. The normalized spacial score (nSPS) is 19.8. The van der Waals surface area contributed by atoms with Crippen molar-refractivity contribution in [3.05, 3.63) is 36.2 Å². The van der Waals surface area contributed by atoms with Crippen LogP contribution in [0, 0.1) is 11.3 Å². The van der Waals surface area contributed by atoms with Gasteiger partial charge >= 0.3 is 12.8 Å². The summed E-state index contributed by atoms with van der Waals surface area (Å²) in [5.74, 6) is -0.304. The van der Waals surface area contributed by atoms with Crippen LogP contribution in [0.15, 0.2) is 30.6 Å². The minimum atomic E-state index is -3.57.